The molecule has 0 aliphatic rings. The molecular weight excluding hydrogens is 516 g/mol. The monoisotopic (exact) mass is 526 g/mol. The summed E-state index contributed by atoms with van der Waals surface area (Å²) in [6.45, 7) is 0. The minimum Gasteiger partial charge on any atom is -0.494 e. The number of rotatable bonds is 1. The van der Waals surface area contributed by atoms with E-state index in [4.69, 9.17) is 4.74 Å². The van der Waals surface area contributed by atoms with Crippen LogP contribution in [0.25, 0.3) is 22.1 Å². The lowest BCUT2D eigenvalue weighted by Crippen LogP contribution is -1.89. The SMILES string of the molecule is Brc1ccc(Br)c2nccnc12.COc1ccc(Br)c2nccnc12.[HH]. The van der Waals surface area contributed by atoms with Gasteiger partial charge in [0, 0.05) is 39.6 Å². The molecule has 0 aliphatic carbocycles. The van der Waals surface area contributed by atoms with E-state index in [1.807, 2.05) is 24.3 Å². The highest BCUT2D eigenvalue weighted by Gasteiger charge is 2.05. The Morgan fingerprint density at radius 3 is 1.44 bits per heavy atom. The second kappa shape index (κ2) is 8.16. The molecule has 8 heteroatoms. The van der Waals surface area contributed by atoms with Gasteiger partial charge in [-0.2, -0.15) is 0 Å². The molecule has 0 fully saturated rings. The quantitative estimate of drug-likeness (QED) is 0.312. The van der Waals surface area contributed by atoms with Gasteiger partial charge in [-0.3, -0.25) is 15.0 Å². The predicted molar refractivity (Wildman–Crippen MR) is 111 cm³/mol. The van der Waals surface area contributed by atoms with Gasteiger partial charge in [0.2, 0.25) is 0 Å². The molecule has 0 aliphatic heterocycles. The summed E-state index contributed by atoms with van der Waals surface area (Å²) in [5.41, 5.74) is 3.36. The van der Waals surface area contributed by atoms with Gasteiger partial charge in [-0.05, 0) is 72.1 Å². The summed E-state index contributed by atoms with van der Waals surface area (Å²) in [5.74, 6) is 0.742. The zero-order valence-electron chi connectivity index (χ0n) is 12.9. The van der Waals surface area contributed by atoms with Crippen molar-refractivity contribution in [3.05, 3.63) is 62.5 Å². The molecule has 0 spiro atoms. The molecule has 0 radical (unpaired) electrons. The van der Waals surface area contributed by atoms with Crippen LogP contribution < -0.4 is 4.74 Å². The van der Waals surface area contributed by atoms with Gasteiger partial charge in [-0.25, -0.2) is 4.98 Å². The standard InChI is InChI=1S/C9H7BrN2O.C8H4Br2N2.H2/c1-13-7-3-2-6(10)8-9(7)12-5-4-11-8;9-5-1-2-6(10)8-7(5)11-3-4-12-8;/h2-5H,1H3;1-4H;1H. The van der Waals surface area contributed by atoms with Crippen molar-refractivity contribution in [1.29, 1.82) is 0 Å². The van der Waals surface area contributed by atoms with Gasteiger partial charge >= 0.3 is 0 Å². The Labute approximate surface area is 170 Å². The first kappa shape index (κ1) is 18.2. The summed E-state index contributed by atoms with van der Waals surface area (Å²) in [4.78, 5) is 16.8. The molecule has 5 nitrogen and oxygen atoms in total. The third-order valence-corrected chi connectivity index (χ3v) is 5.21. The number of methoxy groups -OCH3 is 1. The lowest BCUT2D eigenvalue weighted by molar-refractivity contribution is 0.418. The highest BCUT2D eigenvalue weighted by atomic mass is 79.9. The van der Waals surface area contributed by atoms with Crippen LogP contribution in [0.1, 0.15) is 1.43 Å². The smallest absolute Gasteiger partial charge is 0.146 e. The number of hydrogen-bond acceptors (Lipinski definition) is 5. The van der Waals surface area contributed by atoms with Crippen molar-refractivity contribution in [2.24, 2.45) is 0 Å². The molecule has 25 heavy (non-hydrogen) atoms. The maximum absolute atomic E-state index is 5.16. The molecule has 4 aromatic rings. The minimum absolute atomic E-state index is 0. The summed E-state index contributed by atoms with van der Waals surface area (Å²) >= 11 is 10.2. The van der Waals surface area contributed by atoms with Gasteiger partial charge in [0.15, 0.2) is 0 Å². The number of fused-ring (bicyclic) bond motifs is 2. The molecular formula is C17H13Br3N4O. The fraction of sp³-hybridized carbons (Fsp3) is 0.0588. The van der Waals surface area contributed by atoms with E-state index >= 15 is 0 Å². The highest BCUT2D eigenvalue weighted by molar-refractivity contribution is 9.11. The normalized spacial score (nSPS) is 10.4. The molecule has 2 aromatic heterocycles. The number of nitrogens with zero attached hydrogens (tertiary/aromatic N) is 4. The Bertz CT molecular complexity index is 1010. The third kappa shape index (κ3) is 3.96. The van der Waals surface area contributed by atoms with Crippen molar-refractivity contribution >= 4 is 69.9 Å². The summed E-state index contributed by atoms with van der Waals surface area (Å²) in [5, 5.41) is 0. The van der Waals surface area contributed by atoms with Crippen LogP contribution in [0, 0.1) is 0 Å². The first-order valence-corrected chi connectivity index (χ1v) is 9.47. The van der Waals surface area contributed by atoms with E-state index in [2.05, 4.69) is 67.7 Å². The fourth-order valence-electron chi connectivity index (χ4n) is 2.16. The number of aromatic nitrogens is 4. The Balaban J connectivity index is 0.000000180. The molecule has 2 heterocycles. The number of halogens is 3. The van der Waals surface area contributed by atoms with Crippen LogP contribution in [0.4, 0.5) is 0 Å². The van der Waals surface area contributed by atoms with E-state index in [0.717, 1.165) is 41.2 Å². The zero-order valence-corrected chi connectivity index (χ0v) is 17.7. The second-order valence-corrected chi connectivity index (χ2v) is 7.35. The molecule has 0 atom stereocenters. The maximum Gasteiger partial charge on any atom is 0.146 e. The van der Waals surface area contributed by atoms with Crippen LogP contribution in [0.5, 0.6) is 5.75 Å². The van der Waals surface area contributed by atoms with Crippen molar-refractivity contribution in [1.82, 2.24) is 19.9 Å². The van der Waals surface area contributed by atoms with Crippen LogP contribution in [0.2, 0.25) is 0 Å². The summed E-state index contributed by atoms with van der Waals surface area (Å²) in [7, 11) is 1.62. The number of benzene rings is 2. The molecule has 0 amide bonds. The molecule has 0 bridgehead atoms. The third-order valence-electron chi connectivity index (χ3n) is 3.29. The topological polar surface area (TPSA) is 60.8 Å². The van der Waals surface area contributed by atoms with Crippen molar-refractivity contribution in [3.63, 3.8) is 0 Å². The lowest BCUT2D eigenvalue weighted by atomic mass is 10.3. The van der Waals surface area contributed by atoms with Crippen LogP contribution in [-0.2, 0) is 0 Å². The highest BCUT2D eigenvalue weighted by Crippen LogP contribution is 2.28. The average Bonchev–Trinajstić information content (AvgIpc) is 2.66. The van der Waals surface area contributed by atoms with Gasteiger partial charge in [0.05, 0.1) is 7.11 Å². The van der Waals surface area contributed by atoms with Gasteiger partial charge in [0.1, 0.15) is 27.8 Å². The van der Waals surface area contributed by atoms with Crippen LogP contribution >= 0.6 is 47.8 Å². The van der Waals surface area contributed by atoms with E-state index in [1.165, 1.54) is 0 Å². The summed E-state index contributed by atoms with van der Waals surface area (Å²) < 4.78 is 8.02. The van der Waals surface area contributed by atoms with Crippen LogP contribution in [0.3, 0.4) is 0 Å². The van der Waals surface area contributed by atoms with Gasteiger partial charge in [0.25, 0.3) is 0 Å². The van der Waals surface area contributed by atoms with E-state index in [-0.39, 0.29) is 1.43 Å². The largest absolute Gasteiger partial charge is 0.494 e. The van der Waals surface area contributed by atoms with Crippen molar-refractivity contribution in [2.45, 2.75) is 0 Å². The van der Waals surface area contributed by atoms with E-state index in [9.17, 15) is 0 Å². The van der Waals surface area contributed by atoms with Gasteiger partial charge < -0.3 is 4.74 Å². The van der Waals surface area contributed by atoms with Gasteiger partial charge in [-0.15, -0.1) is 0 Å². The Morgan fingerprint density at radius 1 is 0.640 bits per heavy atom. The Hall–Kier alpha value is -1.64. The zero-order chi connectivity index (χ0) is 17.8. The van der Waals surface area contributed by atoms with Crippen molar-refractivity contribution in [2.75, 3.05) is 7.11 Å². The number of ether oxygens (including phenoxy) is 1. The van der Waals surface area contributed by atoms with Gasteiger partial charge in [-0.1, -0.05) is 0 Å². The molecule has 0 saturated heterocycles. The van der Waals surface area contributed by atoms with Crippen molar-refractivity contribution < 1.29 is 6.16 Å². The predicted octanol–water partition coefficient (Wildman–Crippen LogP) is 5.80. The average molecular weight is 529 g/mol. The molecule has 128 valence electrons. The Kier molecular flexibility index (Phi) is 5.93. The van der Waals surface area contributed by atoms with E-state index < -0.39 is 0 Å². The van der Waals surface area contributed by atoms with Crippen LogP contribution in [0.15, 0.2) is 62.5 Å². The summed E-state index contributed by atoms with van der Waals surface area (Å²) in [6, 6.07) is 7.65. The molecule has 0 saturated carbocycles. The molecule has 2 aromatic carbocycles. The molecule has 0 unspecified atom stereocenters. The Morgan fingerprint density at radius 2 is 1.00 bits per heavy atom. The van der Waals surface area contributed by atoms with Crippen molar-refractivity contribution in [3.8, 4) is 5.75 Å². The first-order valence-electron chi connectivity index (χ1n) is 7.09. The molecule has 4 rings (SSSR count). The lowest BCUT2D eigenvalue weighted by Gasteiger charge is -2.03. The first-order chi connectivity index (χ1) is 12.1. The second-order valence-electron chi connectivity index (χ2n) is 4.79. The van der Waals surface area contributed by atoms with Crippen LogP contribution in [-0.4, -0.2) is 27.0 Å². The number of hydrogen-bond donors (Lipinski definition) is 0. The minimum atomic E-state index is 0. The maximum atomic E-state index is 5.16. The summed E-state index contributed by atoms with van der Waals surface area (Å²) in [6.07, 6.45) is 6.67. The van der Waals surface area contributed by atoms with E-state index in [1.54, 1.807) is 31.9 Å². The van der Waals surface area contributed by atoms with E-state index in [0.29, 0.717) is 0 Å². The molecule has 0 N–H and O–H groups in total. The fourth-order valence-corrected chi connectivity index (χ4v) is 3.42.